The maximum absolute atomic E-state index is 12.3. The second-order valence-corrected chi connectivity index (χ2v) is 8.79. The normalized spacial score (nSPS) is 16.4. The summed E-state index contributed by atoms with van der Waals surface area (Å²) >= 11 is 2.90. The Morgan fingerprint density at radius 3 is 2.45 bits per heavy atom. The first-order chi connectivity index (χ1) is 9.38. The van der Waals surface area contributed by atoms with Gasteiger partial charge in [0.1, 0.15) is 14.8 Å². The van der Waals surface area contributed by atoms with Crippen LogP contribution in [0.5, 0.6) is 0 Å². The third-order valence-electron chi connectivity index (χ3n) is 3.10. The smallest absolute Gasteiger partial charge is 0.261 e. The Hall–Kier alpha value is -0.930. The van der Waals surface area contributed by atoms with E-state index in [4.69, 9.17) is 11.5 Å². The molecule has 0 aliphatic carbocycles. The molecule has 1 aromatic heterocycles. The van der Waals surface area contributed by atoms with Crippen molar-refractivity contribution < 1.29 is 13.2 Å². The Morgan fingerprint density at radius 1 is 1.35 bits per heavy atom. The van der Waals surface area contributed by atoms with Gasteiger partial charge in [0, 0.05) is 24.6 Å². The number of thiophene rings is 1. The molecule has 1 fully saturated rings. The Bertz CT molecular complexity index is 618. The summed E-state index contributed by atoms with van der Waals surface area (Å²) in [6.07, 6.45) is 0. The average Bonchev–Trinajstić information content (AvgIpc) is 2.78. The van der Waals surface area contributed by atoms with Crippen LogP contribution in [0.25, 0.3) is 0 Å². The first kappa shape index (κ1) is 15.5. The fourth-order valence-corrected chi connectivity index (χ4v) is 5.63. The maximum atomic E-state index is 12.3. The van der Waals surface area contributed by atoms with Crippen molar-refractivity contribution in [3.8, 4) is 0 Å². The van der Waals surface area contributed by atoms with Crippen LogP contribution in [-0.4, -0.2) is 44.7 Å². The number of nitrogens with zero attached hydrogens (tertiary/aromatic N) is 1. The molecule has 1 saturated heterocycles. The van der Waals surface area contributed by atoms with Gasteiger partial charge in [0.2, 0.25) is 0 Å². The molecule has 0 aromatic carbocycles. The molecule has 1 amide bonds. The van der Waals surface area contributed by atoms with Crippen LogP contribution >= 0.6 is 23.1 Å². The summed E-state index contributed by atoms with van der Waals surface area (Å²) in [5.41, 5.74) is 11.2. The van der Waals surface area contributed by atoms with E-state index in [1.165, 1.54) is 0 Å². The van der Waals surface area contributed by atoms with Crippen molar-refractivity contribution in [3.63, 3.8) is 0 Å². The molecule has 1 aromatic rings. The monoisotopic (exact) mass is 335 g/mol. The lowest BCUT2D eigenvalue weighted by Gasteiger charge is -2.28. The molecule has 0 spiro atoms. The summed E-state index contributed by atoms with van der Waals surface area (Å²) in [4.78, 5) is 13.6. The predicted octanol–water partition coefficient (Wildman–Crippen LogP) is 0.776. The van der Waals surface area contributed by atoms with E-state index in [1.54, 1.807) is 6.92 Å². The highest BCUT2D eigenvalue weighted by atomic mass is 32.2. The predicted molar refractivity (Wildman–Crippen MR) is 84.5 cm³/mol. The molecule has 0 saturated carbocycles. The topological polar surface area (TPSA) is 106 Å². The number of thioether (sulfide) groups is 1. The Kier molecular flexibility index (Phi) is 4.50. The number of nitrogen functional groups attached to an aromatic ring is 1. The number of amides is 1. The molecule has 0 bridgehead atoms. The largest absolute Gasteiger partial charge is 0.396 e. The SMILES string of the molecule is CCS(=O)(=O)c1c(N2CCSCC2)sc(C(N)=O)c1N. The summed E-state index contributed by atoms with van der Waals surface area (Å²) < 4.78 is 24.5. The van der Waals surface area contributed by atoms with Crippen LogP contribution in [0.1, 0.15) is 16.6 Å². The second-order valence-electron chi connectivity index (χ2n) is 4.35. The fraction of sp³-hybridized carbons (Fsp3) is 0.545. The fourth-order valence-electron chi connectivity index (χ4n) is 2.02. The Labute approximate surface area is 126 Å². The van der Waals surface area contributed by atoms with Crippen molar-refractivity contribution >= 4 is 49.5 Å². The molecule has 0 radical (unpaired) electrons. The quantitative estimate of drug-likeness (QED) is 0.842. The van der Waals surface area contributed by atoms with Crippen LogP contribution in [0, 0.1) is 0 Å². The second kappa shape index (κ2) is 5.82. The van der Waals surface area contributed by atoms with Gasteiger partial charge in [0.25, 0.3) is 5.91 Å². The first-order valence-corrected chi connectivity index (χ1v) is 9.78. The van der Waals surface area contributed by atoms with Crippen molar-refractivity contribution in [2.24, 2.45) is 5.73 Å². The van der Waals surface area contributed by atoms with E-state index in [-0.39, 0.29) is 21.2 Å². The van der Waals surface area contributed by atoms with Gasteiger partial charge in [0.15, 0.2) is 9.84 Å². The van der Waals surface area contributed by atoms with E-state index in [0.717, 1.165) is 35.9 Å². The molecule has 4 N–H and O–H groups in total. The Balaban J connectivity index is 2.59. The molecule has 9 heteroatoms. The molecular weight excluding hydrogens is 318 g/mol. The average molecular weight is 335 g/mol. The molecule has 6 nitrogen and oxygen atoms in total. The molecule has 1 aliphatic heterocycles. The zero-order valence-corrected chi connectivity index (χ0v) is 13.5. The highest BCUT2D eigenvalue weighted by molar-refractivity contribution is 7.99. The van der Waals surface area contributed by atoms with E-state index in [1.807, 2.05) is 16.7 Å². The zero-order valence-electron chi connectivity index (χ0n) is 11.1. The Morgan fingerprint density at radius 2 is 1.95 bits per heavy atom. The summed E-state index contributed by atoms with van der Waals surface area (Å²) in [7, 11) is -3.49. The van der Waals surface area contributed by atoms with Crippen LogP contribution in [0.15, 0.2) is 4.90 Å². The highest BCUT2D eigenvalue weighted by Crippen LogP contribution is 2.42. The molecule has 112 valence electrons. The lowest BCUT2D eigenvalue weighted by molar-refractivity contribution is 0.100. The summed E-state index contributed by atoms with van der Waals surface area (Å²) in [6.45, 7) is 3.05. The molecule has 2 heterocycles. The summed E-state index contributed by atoms with van der Waals surface area (Å²) in [5, 5.41) is 0.554. The van der Waals surface area contributed by atoms with Crippen LogP contribution in [0.4, 0.5) is 10.7 Å². The van der Waals surface area contributed by atoms with Crippen molar-refractivity contribution in [1.29, 1.82) is 0 Å². The van der Waals surface area contributed by atoms with E-state index in [2.05, 4.69) is 0 Å². The summed E-state index contributed by atoms with van der Waals surface area (Å²) in [6, 6.07) is 0. The van der Waals surface area contributed by atoms with Gasteiger partial charge < -0.3 is 16.4 Å². The minimum absolute atomic E-state index is 0.00224. The minimum Gasteiger partial charge on any atom is -0.396 e. The van der Waals surface area contributed by atoms with E-state index in [9.17, 15) is 13.2 Å². The van der Waals surface area contributed by atoms with E-state index >= 15 is 0 Å². The molecule has 20 heavy (non-hydrogen) atoms. The maximum Gasteiger partial charge on any atom is 0.261 e. The van der Waals surface area contributed by atoms with Crippen molar-refractivity contribution in [1.82, 2.24) is 0 Å². The number of hydrogen-bond acceptors (Lipinski definition) is 7. The standard InChI is InChI=1S/C11H17N3O3S3/c1-2-20(16,17)9-7(12)8(10(13)15)19-11(9)14-3-5-18-6-4-14/h2-6,12H2,1H3,(H2,13,15). The number of rotatable bonds is 4. The molecule has 2 rings (SSSR count). The van der Waals surface area contributed by atoms with Gasteiger partial charge in [-0.25, -0.2) is 8.42 Å². The number of primary amides is 1. The molecule has 0 unspecified atom stereocenters. The van der Waals surface area contributed by atoms with Crippen LogP contribution in [0.2, 0.25) is 0 Å². The van der Waals surface area contributed by atoms with Gasteiger partial charge in [-0.1, -0.05) is 6.92 Å². The van der Waals surface area contributed by atoms with Crippen molar-refractivity contribution in [2.45, 2.75) is 11.8 Å². The zero-order chi connectivity index (χ0) is 14.9. The third-order valence-corrected chi connectivity index (χ3v) is 7.24. The van der Waals surface area contributed by atoms with Gasteiger partial charge in [-0.05, 0) is 0 Å². The number of nitrogens with two attached hydrogens (primary N) is 2. The van der Waals surface area contributed by atoms with Crippen molar-refractivity contribution in [2.75, 3.05) is 41.0 Å². The van der Waals surface area contributed by atoms with E-state index in [0.29, 0.717) is 5.00 Å². The molecule has 0 atom stereocenters. The number of carbonyl (C=O) groups excluding carboxylic acids is 1. The lowest BCUT2D eigenvalue weighted by Crippen LogP contribution is -2.32. The van der Waals surface area contributed by atoms with Gasteiger partial charge in [-0.3, -0.25) is 4.79 Å². The van der Waals surface area contributed by atoms with E-state index < -0.39 is 15.7 Å². The number of sulfone groups is 1. The summed E-state index contributed by atoms with van der Waals surface area (Å²) in [5.74, 6) is 1.12. The third kappa shape index (κ3) is 2.75. The lowest BCUT2D eigenvalue weighted by atomic mass is 10.3. The van der Waals surface area contributed by atoms with Gasteiger partial charge >= 0.3 is 0 Å². The van der Waals surface area contributed by atoms with Crippen molar-refractivity contribution in [3.05, 3.63) is 4.88 Å². The van der Waals surface area contributed by atoms with Gasteiger partial charge in [0.05, 0.1) is 11.4 Å². The molecular formula is C11H17N3O3S3. The van der Waals surface area contributed by atoms with Crippen LogP contribution in [0.3, 0.4) is 0 Å². The van der Waals surface area contributed by atoms with Crippen LogP contribution in [-0.2, 0) is 9.84 Å². The van der Waals surface area contributed by atoms with Crippen LogP contribution < -0.4 is 16.4 Å². The first-order valence-electron chi connectivity index (χ1n) is 6.16. The number of anilines is 2. The number of hydrogen-bond donors (Lipinski definition) is 2. The number of carbonyl (C=O) groups is 1. The molecule has 1 aliphatic rings. The highest BCUT2D eigenvalue weighted by Gasteiger charge is 2.31. The minimum atomic E-state index is -3.49. The van der Waals surface area contributed by atoms with Gasteiger partial charge in [-0.2, -0.15) is 11.8 Å². The van der Waals surface area contributed by atoms with Gasteiger partial charge in [-0.15, -0.1) is 11.3 Å².